The Morgan fingerprint density at radius 1 is 0.711 bits per heavy atom. The average Bonchev–Trinajstić information content (AvgIpc) is 3.02. The number of nitrogens with zero attached hydrogens (tertiary/aromatic N) is 2. The number of hydrogen-bond acceptors (Lipinski definition) is 7. The monoisotopic (exact) mass is 656 g/mol. The lowest BCUT2D eigenvalue weighted by atomic mass is 10.1. The molecule has 1 atom stereocenters. The zero-order valence-electron chi connectivity index (χ0n) is 28.9. The first-order valence-electron chi connectivity index (χ1n) is 17.7. The van der Waals surface area contributed by atoms with E-state index in [-0.39, 0.29) is 19.0 Å². The Labute approximate surface area is 281 Å². The molecule has 0 aliphatic rings. The number of carbonyl (C=O) groups is 2. The number of likely N-dealkylation sites (N-methyl/N-ethyl adjacent to an activating group) is 1. The van der Waals surface area contributed by atoms with Crippen LogP contribution in [0.4, 0.5) is 5.69 Å². The topological polar surface area (TPSA) is 88.5 Å². The summed E-state index contributed by atoms with van der Waals surface area (Å²) in [4.78, 5) is 27.7. The highest BCUT2D eigenvalue weighted by Crippen LogP contribution is 2.30. The molecule has 45 heavy (non-hydrogen) atoms. The summed E-state index contributed by atoms with van der Waals surface area (Å²) in [5, 5.41) is 9.72. The van der Waals surface area contributed by atoms with Gasteiger partial charge in [-0.25, -0.2) is 0 Å². The SMILES string of the molecule is CCCCCCCCCCOc1cc(OCCCCCCCCCC)cc(N(CC(=O)O)C(C=O)OCCN(CC)CC)c1.Cl. The maximum absolute atomic E-state index is 12.2. The van der Waals surface area contributed by atoms with Crippen molar-refractivity contribution in [3.05, 3.63) is 18.2 Å². The van der Waals surface area contributed by atoms with Gasteiger partial charge in [0.25, 0.3) is 0 Å². The number of unbranched alkanes of at least 4 members (excludes halogenated alkanes) is 14. The predicted molar refractivity (Wildman–Crippen MR) is 188 cm³/mol. The van der Waals surface area contributed by atoms with E-state index < -0.39 is 12.2 Å². The summed E-state index contributed by atoms with van der Waals surface area (Å²) < 4.78 is 18.2. The van der Waals surface area contributed by atoms with Crippen molar-refractivity contribution >= 4 is 30.3 Å². The summed E-state index contributed by atoms with van der Waals surface area (Å²) in [7, 11) is 0. The highest BCUT2D eigenvalue weighted by molar-refractivity contribution is 5.85. The number of anilines is 1. The molecule has 0 saturated heterocycles. The summed E-state index contributed by atoms with van der Waals surface area (Å²) in [6.45, 7) is 12.1. The molecule has 0 heterocycles. The molecule has 0 radical (unpaired) electrons. The van der Waals surface area contributed by atoms with Crippen LogP contribution >= 0.6 is 12.4 Å². The number of rotatable bonds is 31. The van der Waals surface area contributed by atoms with Crippen molar-refractivity contribution in [2.45, 2.75) is 137 Å². The van der Waals surface area contributed by atoms with E-state index in [9.17, 15) is 14.7 Å². The minimum absolute atomic E-state index is 0. The second-order valence-corrected chi connectivity index (χ2v) is 11.8. The maximum atomic E-state index is 12.2. The van der Waals surface area contributed by atoms with Gasteiger partial charge in [-0.3, -0.25) is 9.59 Å². The minimum Gasteiger partial charge on any atom is -0.493 e. The fraction of sp³-hybridized carbons (Fsp3) is 0.778. The number of carboxylic acid groups (broad SMARTS) is 1. The molecule has 0 amide bonds. The molecule has 0 aliphatic carbocycles. The predicted octanol–water partition coefficient (Wildman–Crippen LogP) is 8.92. The number of halogens is 1. The summed E-state index contributed by atoms with van der Waals surface area (Å²) in [5.74, 6) is 0.176. The molecule has 262 valence electrons. The first-order valence-corrected chi connectivity index (χ1v) is 17.7. The molecule has 0 aliphatic heterocycles. The Balaban J connectivity index is 0.0000194. The average molecular weight is 657 g/mol. The summed E-state index contributed by atoms with van der Waals surface area (Å²) in [5.41, 5.74) is 0.534. The number of ether oxygens (including phenoxy) is 3. The Morgan fingerprint density at radius 3 is 1.56 bits per heavy atom. The van der Waals surface area contributed by atoms with Crippen LogP contribution in [-0.4, -0.2) is 74.5 Å². The third-order valence-corrected chi connectivity index (χ3v) is 8.05. The van der Waals surface area contributed by atoms with Gasteiger partial charge in [0.1, 0.15) is 18.0 Å². The van der Waals surface area contributed by atoms with Gasteiger partial charge in [0.05, 0.1) is 19.8 Å². The van der Waals surface area contributed by atoms with Crippen LogP contribution in [0.15, 0.2) is 18.2 Å². The molecule has 1 aromatic rings. The van der Waals surface area contributed by atoms with Crippen molar-refractivity contribution in [3.63, 3.8) is 0 Å². The van der Waals surface area contributed by atoms with Gasteiger partial charge in [0.15, 0.2) is 12.5 Å². The molecular formula is C36H65ClN2O6. The van der Waals surface area contributed by atoms with E-state index >= 15 is 0 Å². The number of hydrogen-bond donors (Lipinski definition) is 1. The van der Waals surface area contributed by atoms with Gasteiger partial charge in [-0.1, -0.05) is 118 Å². The van der Waals surface area contributed by atoms with E-state index in [0.29, 0.717) is 49.8 Å². The van der Waals surface area contributed by atoms with E-state index in [1.807, 2.05) is 6.07 Å². The van der Waals surface area contributed by atoms with E-state index in [1.165, 1.54) is 81.9 Å². The fourth-order valence-electron chi connectivity index (χ4n) is 5.26. The molecular weight excluding hydrogens is 592 g/mol. The summed E-state index contributed by atoms with van der Waals surface area (Å²) in [6.07, 6.45) is 19.1. The first-order chi connectivity index (χ1) is 21.5. The van der Waals surface area contributed by atoms with Crippen molar-refractivity contribution in [1.29, 1.82) is 0 Å². The van der Waals surface area contributed by atoms with Gasteiger partial charge in [0.2, 0.25) is 0 Å². The van der Waals surface area contributed by atoms with E-state index in [4.69, 9.17) is 14.2 Å². The quantitative estimate of drug-likeness (QED) is 0.0481. The Bertz CT molecular complexity index is 815. The van der Waals surface area contributed by atoms with Crippen molar-refractivity contribution < 1.29 is 28.9 Å². The third kappa shape index (κ3) is 21.4. The Kier molecular flexibility index (Phi) is 28.1. The summed E-state index contributed by atoms with van der Waals surface area (Å²) >= 11 is 0. The van der Waals surface area contributed by atoms with Crippen LogP contribution < -0.4 is 14.4 Å². The van der Waals surface area contributed by atoms with Crippen LogP contribution in [0.25, 0.3) is 0 Å². The molecule has 8 nitrogen and oxygen atoms in total. The lowest BCUT2D eigenvalue weighted by Gasteiger charge is -2.30. The molecule has 1 rings (SSSR count). The lowest BCUT2D eigenvalue weighted by molar-refractivity contribution is -0.136. The largest absolute Gasteiger partial charge is 0.493 e. The molecule has 0 saturated carbocycles. The number of benzene rings is 1. The maximum Gasteiger partial charge on any atom is 0.323 e. The van der Waals surface area contributed by atoms with Gasteiger partial charge in [0, 0.05) is 30.4 Å². The van der Waals surface area contributed by atoms with E-state index in [0.717, 1.165) is 38.8 Å². The van der Waals surface area contributed by atoms with Crippen LogP contribution in [0.2, 0.25) is 0 Å². The van der Waals surface area contributed by atoms with Crippen molar-refractivity contribution in [2.75, 3.05) is 50.9 Å². The molecule has 0 fully saturated rings. The van der Waals surface area contributed by atoms with Crippen LogP contribution in [-0.2, 0) is 14.3 Å². The smallest absolute Gasteiger partial charge is 0.323 e. The molecule has 0 bridgehead atoms. The lowest BCUT2D eigenvalue weighted by Crippen LogP contribution is -2.43. The summed E-state index contributed by atoms with van der Waals surface area (Å²) in [6, 6.07) is 5.46. The normalized spacial score (nSPS) is 11.7. The zero-order valence-corrected chi connectivity index (χ0v) is 29.8. The minimum atomic E-state index is -1.05. The standard InChI is InChI=1S/C36H64N2O6.ClH/c1-5-9-11-13-15-17-19-21-24-42-33-27-32(28-34(29-33)43-25-22-20-18-16-14-12-10-6-2)38(30-36(40)41)35(31-39)44-26-23-37(7-3)8-4;/h27-29,31,35H,5-26,30H2,1-4H3,(H,40,41);1H. The molecule has 1 aromatic carbocycles. The van der Waals surface area contributed by atoms with Crippen molar-refractivity contribution in [2.24, 2.45) is 0 Å². The molecule has 1 unspecified atom stereocenters. The van der Waals surface area contributed by atoms with Gasteiger partial charge in [-0.05, 0) is 25.9 Å². The Morgan fingerprint density at radius 2 is 1.16 bits per heavy atom. The van der Waals surface area contributed by atoms with Gasteiger partial charge >= 0.3 is 5.97 Å². The number of carbonyl (C=O) groups excluding carboxylic acids is 1. The molecule has 1 N–H and O–H groups in total. The number of aliphatic carboxylic acids is 1. The highest BCUT2D eigenvalue weighted by Gasteiger charge is 2.23. The van der Waals surface area contributed by atoms with Gasteiger partial charge < -0.3 is 29.1 Å². The van der Waals surface area contributed by atoms with Gasteiger partial charge in [-0.15, -0.1) is 12.4 Å². The van der Waals surface area contributed by atoms with Crippen LogP contribution in [0.3, 0.4) is 0 Å². The molecule has 9 heteroatoms. The second-order valence-electron chi connectivity index (χ2n) is 11.8. The fourth-order valence-corrected chi connectivity index (χ4v) is 5.26. The van der Waals surface area contributed by atoms with Crippen molar-refractivity contribution in [3.8, 4) is 11.5 Å². The second kappa shape index (κ2) is 29.4. The van der Waals surface area contributed by atoms with Crippen LogP contribution in [0.5, 0.6) is 11.5 Å². The number of aldehydes is 1. The van der Waals surface area contributed by atoms with E-state index in [2.05, 4.69) is 32.6 Å². The Hall–Kier alpha value is -2.03. The van der Waals surface area contributed by atoms with Crippen LogP contribution in [0, 0.1) is 0 Å². The zero-order chi connectivity index (χ0) is 32.3. The highest BCUT2D eigenvalue weighted by atomic mass is 35.5. The van der Waals surface area contributed by atoms with Crippen molar-refractivity contribution in [1.82, 2.24) is 4.90 Å². The number of carboxylic acids is 1. The van der Waals surface area contributed by atoms with Gasteiger partial charge in [-0.2, -0.15) is 0 Å². The first kappa shape index (κ1) is 43.0. The van der Waals surface area contributed by atoms with E-state index in [1.54, 1.807) is 12.1 Å². The van der Waals surface area contributed by atoms with Crippen LogP contribution in [0.1, 0.15) is 130 Å². The molecule has 0 spiro atoms. The molecule has 0 aromatic heterocycles. The third-order valence-electron chi connectivity index (χ3n) is 8.05.